The molecule has 0 saturated carbocycles. The minimum atomic E-state index is -1.45. The summed E-state index contributed by atoms with van der Waals surface area (Å²) in [7, 11) is 0. The molecule has 0 aliphatic heterocycles. The van der Waals surface area contributed by atoms with Crippen LogP contribution in [0.2, 0.25) is 0 Å². The Morgan fingerprint density at radius 2 is 1.62 bits per heavy atom. The Balaban J connectivity index is 0. The van der Waals surface area contributed by atoms with E-state index >= 15 is 0 Å². The van der Waals surface area contributed by atoms with Crippen molar-refractivity contribution >= 4 is 5.97 Å². The topological polar surface area (TPSA) is 66.8 Å². The molecule has 4 nitrogen and oxygen atoms in total. The second-order valence-electron chi connectivity index (χ2n) is 5.54. The summed E-state index contributed by atoms with van der Waals surface area (Å²) >= 11 is 0. The Morgan fingerprint density at radius 1 is 1.05 bits per heavy atom. The zero-order chi connectivity index (χ0) is 16.7. The van der Waals surface area contributed by atoms with Gasteiger partial charge in [0.25, 0.3) is 0 Å². The largest absolute Gasteiger partial charge is 0.466 e. The quantitative estimate of drug-likeness (QED) is 0.363. The Kier molecular flexibility index (Phi) is 15.5. The molecule has 0 fully saturated rings. The fraction of sp³-hybridized carbons (Fsp3) is 0.941. The minimum Gasteiger partial charge on any atom is -0.466 e. The van der Waals surface area contributed by atoms with Gasteiger partial charge in [-0.2, -0.15) is 0 Å². The first-order chi connectivity index (χ1) is 9.85. The molecular weight excluding hydrogens is 268 g/mol. The maximum absolute atomic E-state index is 10.7. The highest BCUT2D eigenvalue weighted by Gasteiger charge is 2.27. The summed E-state index contributed by atoms with van der Waals surface area (Å²) < 4.78 is 4.75. The average Bonchev–Trinajstić information content (AvgIpc) is 2.46. The van der Waals surface area contributed by atoms with Crippen LogP contribution in [-0.4, -0.2) is 28.6 Å². The van der Waals surface area contributed by atoms with Crippen LogP contribution in [0, 0.1) is 5.92 Å². The molecule has 128 valence electrons. The number of carbonyl (C=O) groups excluding carboxylic acids is 1. The summed E-state index contributed by atoms with van der Waals surface area (Å²) in [5.41, 5.74) is 0. The third kappa shape index (κ3) is 14.1. The second kappa shape index (κ2) is 14.3. The number of hydrogen-bond donors (Lipinski definition) is 2. The van der Waals surface area contributed by atoms with E-state index in [1.807, 2.05) is 13.8 Å². The van der Waals surface area contributed by atoms with Crippen LogP contribution < -0.4 is 0 Å². The van der Waals surface area contributed by atoms with Gasteiger partial charge in [-0.1, -0.05) is 53.4 Å². The van der Waals surface area contributed by atoms with Crippen LogP contribution in [0.4, 0.5) is 0 Å². The first-order valence-electron chi connectivity index (χ1n) is 8.45. The number of unbranched alkanes of at least 4 members (excludes halogenated alkanes) is 3. The van der Waals surface area contributed by atoms with Crippen molar-refractivity contribution < 1.29 is 19.7 Å². The van der Waals surface area contributed by atoms with Crippen LogP contribution in [0.25, 0.3) is 0 Å². The molecule has 1 unspecified atom stereocenters. The molecule has 0 rings (SSSR count). The van der Waals surface area contributed by atoms with E-state index in [0.29, 0.717) is 19.4 Å². The molecule has 0 aliphatic rings. The lowest BCUT2D eigenvalue weighted by atomic mass is 9.93. The molecule has 0 bridgehead atoms. The summed E-state index contributed by atoms with van der Waals surface area (Å²) in [6.07, 6.45) is 7.33. The standard InChI is InChI=1S/C9H20O2.C8H16O2/c1-4-6-7-8(3)9(10,11)5-2;1-3-5-6-7-8(9)10-4-2/h8,10-11H,4-7H2,1-3H3;3-7H2,1-2H3. The van der Waals surface area contributed by atoms with Crippen molar-refractivity contribution in [2.24, 2.45) is 5.92 Å². The van der Waals surface area contributed by atoms with Gasteiger partial charge in [0, 0.05) is 12.3 Å². The van der Waals surface area contributed by atoms with Crippen molar-refractivity contribution in [1.82, 2.24) is 0 Å². The Bertz CT molecular complexity index is 239. The number of carbonyl (C=O) groups is 1. The zero-order valence-electron chi connectivity index (χ0n) is 14.7. The molecule has 1 atom stereocenters. The first-order valence-corrected chi connectivity index (χ1v) is 8.45. The van der Waals surface area contributed by atoms with Crippen LogP contribution in [-0.2, 0) is 9.53 Å². The maximum atomic E-state index is 10.7. The van der Waals surface area contributed by atoms with Crippen LogP contribution in [0.5, 0.6) is 0 Å². The van der Waals surface area contributed by atoms with Gasteiger partial charge in [0.15, 0.2) is 5.79 Å². The minimum absolute atomic E-state index is 0.00699. The van der Waals surface area contributed by atoms with E-state index in [1.165, 1.54) is 0 Å². The van der Waals surface area contributed by atoms with Crippen molar-refractivity contribution in [2.75, 3.05) is 6.61 Å². The van der Waals surface area contributed by atoms with Gasteiger partial charge in [-0.15, -0.1) is 0 Å². The highest BCUT2D eigenvalue weighted by atomic mass is 16.5. The van der Waals surface area contributed by atoms with Gasteiger partial charge in [-0.05, 0) is 26.2 Å². The molecule has 0 aromatic carbocycles. The lowest BCUT2D eigenvalue weighted by Gasteiger charge is -2.27. The lowest BCUT2D eigenvalue weighted by Crippen LogP contribution is -2.35. The molecule has 2 N–H and O–H groups in total. The molecule has 21 heavy (non-hydrogen) atoms. The smallest absolute Gasteiger partial charge is 0.305 e. The molecule has 0 aromatic rings. The van der Waals surface area contributed by atoms with Gasteiger partial charge in [-0.3, -0.25) is 4.79 Å². The van der Waals surface area contributed by atoms with Gasteiger partial charge >= 0.3 is 5.97 Å². The molecule has 4 heteroatoms. The fourth-order valence-electron chi connectivity index (χ4n) is 1.84. The molecule has 0 radical (unpaired) electrons. The van der Waals surface area contributed by atoms with Crippen molar-refractivity contribution in [3.63, 3.8) is 0 Å². The van der Waals surface area contributed by atoms with Gasteiger partial charge in [0.2, 0.25) is 0 Å². The summed E-state index contributed by atoms with van der Waals surface area (Å²) in [5, 5.41) is 18.7. The molecule has 0 heterocycles. The van der Waals surface area contributed by atoms with Gasteiger partial charge in [0.1, 0.15) is 0 Å². The van der Waals surface area contributed by atoms with E-state index in [1.54, 1.807) is 6.92 Å². The highest BCUT2D eigenvalue weighted by molar-refractivity contribution is 5.69. The number of rotatable bonds is 10. The molecule has 0 aliphatic carbocycles. The SMILES string of the molecule is CCCCC(C)C(O)(O)CC.CCCCCC(=O)OCC. The molecular formula is C17H36O4. The van der Waals surface area contributed by atoms with Crippen molar-refractivity contribution in [3.05, 3.63) is 0 Å². The molecule has 0 amide bonds. The van der Waals surface area contributed by atoms with E-state index in [2.05, 4.69) is 13.8 Å². The predicted octanol–water partition coefficient (Wildman–Crippen LogP) is 4.03. The van der Waals surface area contributed by atoms with Gasteiger partial charge in [-0.25, -0.2) is 0 Å². The van der Waals surface area contributed by atoms with E-state index in [-0.39, 0.29) is 11.9 Å². The van der Waals surface area contributed by atoms with Crippen LogP contribution in [0.1, 0.15) is 86.0 Å². The third-order valence-corrected chi connectivity index (χ3v) is 3.59. The maximum Gasteiger partial charge on any atom is 0.305 e. The summed E-state index contributed by atoms with van der Waals surface area (Å²) in [4.78, 5) is 10.7. The number of hydrogen-bond acceptors (Lipinski definition) is 4. The van der Waals surface area contributed by atoms with E-state index in [4.69, 9.17) is 4.74 Å². The normalized spacial score (nSPS) is 12.3. The zero-order valence-corrected chi connectivity index (χ0v) is 14.7. The van der Waals surface area contributed by atoms with E-state index < -0.39 is 5.79 Å². The fourth-order valence-corrected chi connectivity index (χ4v) is 1.84. The summed E-state index contributed by atoms with van der Waals surface area (Å²) in [5.74, 6) is -1.52. The third-order valence-electron chi connectivity index (χ3n) is 3.59. The van der Waals surface area contributed by atoms with Gasteiger partial charge < -0.3 is 14.9 Å². The Labute approximate surface area is 130 Å². The summed E-state index contributed by atoms with van der Waals surface area (Å²) in [6, 6.07) is 0. The highest BCUT2D eigenvalue weighted by Crippen LogP contribution is 2.22. The molecule has 0 spiro atoms. The first kappa shape index (κ1) is 22.7. The Hall–Kier alpha value is -0.610. The lowest BCUT2D eigenvalue weighted by molar-refractivity contribution is -0.199. The van der Waals surface area contributed by atoms with Crippen molar-refractivity contribution in [2.45, 2.75) is 91.8 Å². The van der Waals surface area contributed by atoms with E-state index in [9.17, 15) is 15.0 Å². The van der Waals surface area contributed by atoms with Crippen LogP contribution in [0.3, 0.4) is 0 Å². The van der Waals surface area contributed by atoms with Crippen LogP contribution in [0.15, 0.2) is 0 Å². The second-order valence-corrected chi connectivity index (χ2v) is 5.54. The van der Waals surface area contributed by atoms with Crippen LogP contribution >= 0.6 is 0 Å². The number of ether oxygens (including phenoxy) is 1. The number of esters is 1. The monoisotopic (exact) mass is 304 g/mol. The average molecular weight is 304 g/mol. The molecule has 0 saturated heterocycles. The Morgan fingerprint density at radius 3 is 2.05 bits per heavy atom. The summed E-state index contributed by atoms with van der Waals surface area (Å²) in [6.45, 7) is 10.2. The number of aliphatic hydroxyl groups is 2. The van der Waals surface area contributed by atoms with Crippen molar-refractivity contribution in [3.8, 4) is 0 Å². The van der Waals surface area contributed by atoms with Gasteiger partial charge in [0.05, 0.1) is 6.61 Å². The molecule has 0 aromatic heterocycles. The van der Waals surface area contributed by atoms with E-state index in [0.717, 1.165) is 38.5 Å². The van der Waals surface area contributed by atoms with Crippen molar-refractivity contribution in [1.29, 1.82) is 0 Å². The predicted molar refractivity (Wildman–Crippen MR) is 86.9 cm³/mol.